The molecule has 2 rings (SSSR count). The highest BCUT2D eigenvalue weighted by atomic mass is 79.9. The minimum Gasteiger partial charge on any atom is -0.446 e. The maximum Gasteiger partial charge on any atom is 0.184 e. The highest BCUT2D eigenvalue weighted by Crippen LogP contribution is 2.34. The Kier molecular flexibility index (Phi) is 3.08. The van der Waals surface area contributed by atoms with E-state index in [0.717, 1.165) is 4.47 Å². The molecule has 15 heavy (non-hydrogen) atoms. The van der Waals surface area contributed by atoms with Crippen LogP contribution < -0.4 is 0 Å². The van der Waals surface area contributed by atoms with E-state index in [1.54, 1.807) is 5.38 Å². The van der Waals surface area contributed by atoms with Gasteiger partial charge < -0.3 is 4.42 Å². The first-order valence-electron chi connectivity index (χ1n) is 3.99. The molecule has 0 saturated carbocycles. The van der Waals surface area contributed by atoms with Crippen LogP contribution in [0.25, 0.3) is 10.8 Å². The first kappa shape index (κ1) is 11.0. The lowest BCUT2D eigenvalue weighted by Gasteiger charge is -1.87. The van der Waals surface area contributed by atoms with Crippen molar-refractivity contribution in [3.63, 3.8) is 0 Å². The molecule has 2 heterocycles. The van der Waals surface area contributed by atoms with Crippen LogP contribution in [0.4, 0.5) is 0 Å². The smallest absolute Gasteiger partial charge is 0.184 e. The Morgan fingerprint density at radius 3 is 2.73 bits per heavy atom. The number of thiazole rings is 1. The summed E-state index contributed by atoms with van der Waals surface area (Å²) in [7, 11) is 0. The van der Waals surface area contributed by atoms with E-state index in [4.69, 9.17) is 4.42 Å². The molecule has 0 aliphatic carbocycles. The predicted molar refractivity (Wildman–Crippen MR) is 65.2 cm³/mol. The molecular weight excluding hydrogens is 346 g/mol. The van der Waals surface area contributed by atoms with Gasteiger partial charge in [0.25, 0.3) is 0 Å². The molecule has 2 aromatic heterocycles. The van der Waals surface area contributed by atoms with Gasteiger partial charge in [0.05, 0.1) is 4.47 Å². The average Bonchev–Trinajstić information content (AvgIpc) is 2.74. The van der Waals surface area contributed by atoms with Crippen LogP contribution in [-0.4, -0.2) is 10.8 Å². The lowest BCUT2D eigenvalue weighted by molar-refractivity contribution is 0.101. The number of carbonyl (C=O) groups is 1. The van der Waals surface area contributed by atoms with Gasteiger partial charge >= 0.3 is 0 Å². The van der Waals surface area contributed by atoms with Crippen LogP contribution in [0.15, 0.2) is 25.0 Å². The quantitative estimate of drug-likeness (QED) is 0.765. The van der Waals surface area contributed by atoms with Crippen molar-refractivity contribution in [3.05, 3.63) is 26.3 Å². The third-order valence-electron chi connectivity index (χ3n) is 1.72. The van der Waals surface area contributed by atoms with Crippen molar-refractivity contribution >= 4 is 49.0 Å². The van der Waals surface area contributed by atoms with Crippen molar-refractivity contribution in [2.24, 2.45) is 0 Å². The second-order valence-electron chi connectivity index (χ2n) is 2.83. The van der Waals surface area contributed by atoms with Crippen molar-refractivity contribution in [3.8, 4) is 10.8 Å². The summed E-state index contributed by atoms with van der Waals surface area (Å²) in [5.74, 6) is 0.605. The third kappa shape index (κ3) is 2.21. The predicted octanol–water partition coefficient (Wildman–Crippen LogP) is 4.13. The van der Waals surface area contributed by atoms with Gasteiger partial charge in [-0.2, -0.15) is 0 Å². The first-order chi connectivity index (χ1) is 7.08. The summed E-state index contributed by atoms with van der Waals surface area (Å²) in [6.45, 7) is 1.49. The van der Waals surface area contributed by atoms with Crippen LogP contribution in [0.5, 0.6) is 0 Å². The van der Waals surface area contributed by atoms with E-state index in [1.807, 2.05) is 6.07 Å². The average molecular weight is 351 g/mol. The van der Waals surface area contributed by atoms with Gasteiger partial charge in [0, 0.05) is 18.4 Å². The summed E-state index contributed by atoms with van der Waals surface area (Å²) in [6.07, 6.45) is 0. The molecule has 78 valence electrons. The normalized spacial score (nSPS) is 10.6. The van der Waals surface area contributed by atoms with Gasteiger partial charge in [-0.25, -0.2) is 4.98 Å². The fourth-order valence-corrected chi connectivity index (χ4v) is 2.39. The number of aromatic nitrogens is 1. The Labute approximate surface area is 107 Å². The van der Waals surface area contributed by atoms with E-state index in [2.05, 4.69) is 36.8 Å². The molecule has 0 amide bonds. The second kappa shape index (κ2) is 4.19. The molecule has 0 bridgehead atoms. The zero-order valence-corrected chi connectivity index (χ0v) is 11.6. The van der Waals surface area contributed by atoms with Crippen molar-refractivity contribution < 1.29 is 9.21 Å². The highest BCUT2D eigenvalue weighted by Gasteiger charge is 2.13. The molecule has 0 fully saturated rings. The molecular formula is C9H5Br2NO2S. The number of rotatable bonds is 2. The fourth-order valence-electron chi connectivity index (χ4n) is 1.00. The molecule has 2 aromatic rings. The zero-order valence-electron chi connectivity index (χ0n) is 7.58. The number of Topliss-reactive ketones (excluding diaryl/α,β-unsaturated/α-hetero) is 1. The Balaban J connectivity index is 2.41. The van der Waals surface area contributed by atoms with Crippen LogP contribution in [0.3, 0.4) is 0 Å². The molecule has 0 aliphatic heterocycles. The zero-order chi connectivity index (χ0) is 11.0. The first-order valence-corrected chi connectivity index (χ1v) is 6.46. The largest absolute Gasteiger partial charge is 0.446 e. The molecule has 0 saturated heterocycles. The van der Waals surface area contributed by atoms with Crippen LogP contribution in [-0.2, 0) is 0 Å². The Morgan fingerprint density at radius 2 is 2.27 bits per heavy atom. The van der Waals surface area contributed by atoms with Gasteiger partial charge in [0.2, 0.25) is 0 Å². The molecule has 0 N–H and O–H groups in total. The van der Waals surface area contributed by atoms with E-state index in [1.165, 1.54) is 18.3 Å². The summed E-state index contributed by atoms with van der Waals surface area (Å²) in [5.41, 5.74) is 0.471. The number of hydrogen-bond donors (Lipinski definition) is 0. The Morgan fingerprint density at radius 1 is 1.53 bits per heavy atom. The maximum absolute atomic E-state index is 11.1. The summed E-state index contributed by atoms with van der Waals surface area (Å²) in [5, 5.41) is 2.42. The lowest BCUT2D eigenvalue weighted by atomic mass is 10.3. The number of carbonyl (C=O) groups excluding carboxylic acids is 1. The highest BCUT2D eigenvalue weighted by molar-refractivity contribution is 9.13. The number of nitrogens with zero attached hydrogens (tertiary/aromatic N) is 1. The van der Waals surface area contributed by atoms with Gasteiger partial charge in [-0.1, -0.05) is 0 Å². The molecule has 0 atom stereocenters. The van der Waals surface area contributed by atoms with E-state index in [9.17, 15) is 4.79 Å². The van der Waals surface area contributed by atoms with Gasteiger partial charge in [-0.05, 0) is 31.9 Å². The molecule has 0 spiro atoms. The summed E-state index contributed by atoms with van der Waals surface area (Å²) in [4.78, 5) is 15.2. The summed E-state index contributed by atoms with van der Waals surface area (Å²) < 4.78 is 6.85. The van der Waals surface area contributed by atoms with Crippen LogP contribution >= 0.6 is 43.2 Å². The van der Waals surface area contributed by atoms with E-state index < -0.39 is 0 Å². The second-order valence-corrected chi connectivity index (χ2v) is 5.26. The van der Waals surface area contributed by atoms with Gasteiger partial charge in [0.15, 0.2) is 21.2 Å². The standard InChI is InChI=1S/C9H5Br2NO2S/c1-4(13)6-3-15-9(12-6)7-2-5(10)8(11)14-7/h2-3H,1H3. The fraction of sp³-hybridized carbons (Fsp3) is 0.111. The van der Waals surface area contributed by atoms with Crippen molar-refractivity contribution in [1.82, 2.24) is 4.98 Å². The summed E-state index contributed by atoms with van der Waals surface area (Å²) >= 11 is 7.95. The van der Waals surface area contributed by atoms with E-state index in [0.29, 0.717) is 21.1 Å². The van der Waals surface area contributed by atoms with Crippen LogP contribution in [0.2, 0.25) is 0 Å². The number of halogens is 2. The Bertz CT molecular complexity index is 498. The summed E-state index contributed by atoms with van der Waals surface area (Å²) in [6, 6.07) is 1.81. The minimum atomic E-state index is -0.0396. The Hall–Kier alpha value is -0.460. The molecule has 0 aromatic carbocycles. The third-order valence-corrected chi connectivity index (χ3v) is 4.29. The molecule has 0 radical (unpaired) electrons. The van der Waals surface area contributed by atoms with E-state index in [-0.39, 0.29) is 5.78 Å². The number of furan rings is 1. The van der Waals surface area contributed by atoms with Crippen LogP contribution in [0.1, 0.15) is 17.4 Å². The number of ketones is 1. The van der Waals surface area contributed by atoms with Gasteiger partial charge in [-0.15, -0.1) is 11.3 Å². The van der Waals surface area contributed by atoms with Crippen molar-refractivity contribution in [2.75, 3.05) is 0 Å². The lowest BCUT2D eigenvalue weighted by Crippen LogP contribution is -1.90. The van der Waals surface area contributed by atoms with Crippen molar-refractivity contribution in [1.29, 1.82) is 0 Å². The van der Waals surface area contributed by atoms with E-state index >= 15 is 0 Å². The molecule has 0 unspecified atom stereocenters. The van der Waals surface area contributed by atoms with Crippen molar-refractivity contribution in [2.45, 2.75) is 6.92 Å². The van der Waals surface area contributed by atoms with Gasteiger partial charge in [0.1, 0.15) is 5.69 Å². The van der Waals surface area contributed by atoms with Gasteiger partial charge in [-0.3, -0.25) is 4.79 Å². The molecule has 3 nitrogen and oxygen atoms in total. The van der Waals surface area contributed by atoms with Crippen LogP contribution in [0, 0.1) is 0 Å². The number of hydrogen-bond acceptors (Lipinski definition) is 4. The molecule has 0 aliphatic rings. The molecule has 6 heteroatoms. The minimum absolute atomic E-state index is 0.0396. The SMILES string of the molecule is CC(=O)c1csc(-c2cc(Br)c(Br)o2)n1. The maximum atomic E-state index is 11.1. The monoisotopic (exact) mass is 349 g/mol. The topological polar surface area (TPSA) is 43.1 Å².